The second-order valence-corrected chi connectivity index (χ2v) is 10.3. The summed E-state index contributed by atoms with van der Waals surface area (Å²) in [5.74, 6) is 0.492. The Balaban J connectivity index is 1.41. The molecule has 0 spiro atoms. The van der Waals surface area contributed by atoms with Crippen molar-refractivity contribution in [2.45, 2.75) is 11.8 Å². The molecule has 7 nitrogen and oxygen atoms in total. The van der Waals surface area contributed by atoms with Crippen LogP contribution in [0.4, 0.5) is 5.82 Å². The molecule has 1 aliphatic rings. The predicted molar refractivity (Wildman–Crippen MR) is 126 cm³/mol. The third kappa shape index (κ3) is 5.01. The van der Waals surface area contributed by atoms with Crippen LogP contribution in [0.2, 0.25) is 0 Å². The average Bonchev–Trinajstić information content (AvgIpc) is 3.33. The minimum absolute atomic E-state index is 0.201. The van der Waals surface area contributed by atoms with Crippen molar-refractivity contribution >= 4 is 32.9 Å². The van der Waals surface area contributed by atoms with Gasteiger partial charge < -0.3 is 4.90 Å². The fraction of sp³-hybridized carbons (Fsp3) is 0.273. The van der Waals surface area contributed by atoms with Crippen LogP contribution >= 0.6 is 11.3 Å². The van der Waals surface area contributed by atoms with Crippen LogP contribution in [0.3, 0.4) is 0 Å². The van der Waals surface area contributed by atoms with Crippen LogP contribution in [0.1, 0.15) is 12.5 Å². The van der Waals surface area contributed by atoms with Gasteiger partial charge in [0.15, 0.2) is 0 Å². The molecule has 2 aromatic heterocycles. The molecule has 1 fully saturated rings. The zero-order valence-electron chi connectivity index (χ0n) is 17.5. The van der Waals surface area contributed by atoms with Crippen molar-refractivity contribution in [3.8, 4) is 10.4 Å². The number of anilines is 1. The highest BCUT2D eigenvalue weighted by Crippen LogP contribution is 2.25. The number of nitrogens with one attached hydrogen (secondary N) is 1. The molecular formula is C22H25N5O2S2. The summed E-state index contributed by atoms with van der Waals surface area (Å²) in [6.07, 6.45) is 1.39. The molecular weight excluding hydrogens is 430 g/mol. The maximum atomic E-state index is 12.8. The van der Waals surface area contributed by atoms with Crippen molar-refractivity contribution in [3.63, 3.8) is 0 Å². The smallest absolute Gasteiger partial charge is 0.244 e. The first-order valence-corrected chi connectivity index (χ1v) is 12.3. The normalized spacial score (nSPS) is 16.4. The fourth-order valence-electron chi connectivity index (χ4n) is 3.30. The van der Waals surface area contributed by atoms with Crippen molar-refractivity contribution in [1.29, 1.82) is 0 Å². The number of thiophene rings is 1. The van der Waals surface area contributed by atoms with Gasteiger partial charge in [-0.3, -0.25) is 5.43 Å². The lowest BCUT2D eigenvalue weighted by molar-refractivity contribution is 0.222. The standard InChI is InChI=1S/C22H25N5O2S2/c1-17(18-5-7-19(8-6-18)21-4-3-15-30-21)24-25-22-10-9-20(16-23-22)31(28,29)27-13-11-26(2)12-14-27/h3-10,15-16H,11-14H2,1-2H3,(H,23,25)/b24-17-. The van der Waals surface area contributed by atoms with Gasteiger partial charge >= 0.3 is 0 Å². The van der Waals surface area contributed by atoms with E-state index in [1.54, 1.807) is 23.5 Å². The first-order valence-electron chi connectivity index (χ1n) is 10.0. The molecule has 1 saturated heterocycles. The zero-order chi connectivity index (χ0) is 21.8. The van der Waals surface area contributed by atoms with E-state index >= 15 is 0 Å². The monoisotopic (exact) mass is 455 g/mol. The van der Waals surface area contributed by atoms with Gasteiger partial charge in [0.1, 0.15) is 10.7 Å². The molecule has 0 atom stereocenters. The van der Waals surface area contributed by atoms with Gasteiger partial charge in [0.2, 0.25) is 10.0 Å². The van der Waals surface area contributed by atoms with E-state index < -0.39 is 10.0 Å². The second kappa shape index (κ2) is 9.27. The molecule has 162 valence electrons. The summed E-state index contributed by atoms with van der Waals surface area (Å²) in [4.78, 5) is 7.79. The second-order valence-electron chi connectivity index (χ2n) is 7.45. The van der Waals surface area contributed by atoms with Crippen LogP contribution in [0, 0.1) is 0 Å². The van der Waals surface area contributed by atoms with Crippen molar-refractivity contribution in [2.75, 3.05) is 38.7 Å². The molecule has 3 heterocycles. The third-order valence-electron chi connectivity index (χ3n) is 5.28. The number of pyridine rings is 1. The lowest BCUT2D eigenvalue weighted by atomic mass is 10.1. The Kier molecular flexibility index (Phi) is 6.47. The molecule has 0 saturated carbocycles. The van der Waals surface area contributed by atoms with E-state index in [9.17, 15) is 8.42 Å². The summed E-state index contributed by atoms with van der Waals surface area (Å²) in [5.41, 5.74) is 5.91. The number of rotatable bonds is 6. The van der Waals surface area contributed by atoms with Crippen molar-refractivity contribution in [2.24, 2.45) is 5.10 Å². The number of sulfonamides is 1. The molecule has 31 heavy (non-hydrogen) atoms. The highest BCUT2D eigenvalue weighted by Gasteiger charge is 2.27. The fourth-order valence-corrected chi connectivity index (χ4v) is 5.40. The summed E-state index contributed by atoms with van der Waals surface area (Å²) >= 11 is 1.71. The first-order chi connectivity index (χ1) is 14.9. The summed E-state index contributed by atoms with van der Waals surface area (Å²) in [6.45, 7) is 4.36. The molecule has 0 bridgehead atoms. The van der Waals surface area contributed by atoms with E-state index in [-0.39, 0.29) is 4.90 Å². The number of hydrogen-bond donors (Lipinski definition) is 1. The maximum Gasteiger partial charge on any atom is 0.244 e. The number of piperazine rings is 1. The van der Waals surface area contributed by atoms with E-state index in [0.29, 0.717) is 18.9 Å². The van der Waals surface area contributed by atoms with E-state index in [2.05, 4.69) is 44.0 Å². The molecule has 0 radical (unpaired) electrons. The van der Waals surface area contributed by atoms with Gasteiger partial charge in [0.25, 0.3) is 0 Å². The Hall–Kier alpha value is -2.59. The molecule has 1 aromatic carbocycles. The van der Waals surface area contributed by atoms with Gasteiger partial charge in [-0.1, -0.05) is 30.3 Å². The lowest BCUT2D eigenvalue weighted by Gasteiger charge is -2.31. The highest BCUT2D eigenvalue weighted by molar-refractivity contribution is 7.89. The van der Waals surface area contributed by atoms with Gasteiger partial charge in [-0.25, -0.2) is 13.4 Å². The van der Waals surface area contributed by atoms with E-state index in [1.165, 1.54) is 20.9 Å². The van der Waals surface area contributed by atoms with Crippen molar-refractivity contribution in [1.82, 2.24) is 14.2 Å². The van der Waals surface area contributed by atoms with Gasteiger partial charge in [-0.15, -0.1) is 11.3 Å². The van der Waals surface area contributed by atoms with Gasteiger partial charge in [-0.2, -0.15) is 9.41 Å². The number of nitrogens with zero attached hydrogens (tertiary/aromatic N) is 4. The summed E-state index contributed by atoms with van der Waals surface area (Å²) in [7, 11) is -1.53. The van der Waals surface area contributed by atoms with Crippen LogP contribution in [0.25, 0.3) is 10.4 Å². The lowest BCUT2D eigenvalue weighted by Crippen LogP contribution is -2.47. The maximum absolute atomic E-state index is 12.8. The molecule has 0 amide bonds. The van der Waals surface area contributed by atoms with Gasteiger partial charge in [0.05, 0.1) is 5.71 Å². The van der Waals surface area contributed by atoms with Crippen LogP contribution in [-0.4, -0.2) is 61.5 Å². The molecule has 9 heteroatoms. The summed E-state index contributed by atoms with van der Waals surface area (Å²) < 4.78 is 27.1. The Morgan fingerprint density at radius 3 is 2.42 bits per heavy atom. The minimum Gasteiger partial charge on any atom is -0.304 e. The van der Waals surface area contributed by atoms with E-state index in [1.807, 2.05) is 32.2 Å². The third-order valence-corrected chi connectivity index (χ3v) is 8.08. The van der Waals surface area contributed by atoms with Crippen LogP contribution in [0.5, 0.6) is 0 Å². The summed E-state index contributed by atoms with van der Waals surface area (Å²) in [6, 6.07) is 15.6. The quantitative estimate of drug-likeness (QED) is 0.454. The van der Waals surface area contributed by atoms with Crippen LogP contribution in [-0.2, 0) is 10.0 Å². The predicted octanol–water partition coefficient (Wildman–Crippen LogP) is 3.58. The van der Waals surface area contributed by atoms with E-state index in [4.69, 9.17) is 0 Å². The Bertz CT molecular complexity index is 1130. The molecule has 0 unspecified atom stereocenters. The Morgan fingerprint density at radius 2 is 1.81 bits per heavy atom. The SMILES string of the molecule is C/C(=N/Nc1ccc(S(=O)(=O)N2CCN(C)CC2)cn1)c1ccc(-c2cccs2)cc1. The van der Waals surface area contributed by atoms with E-state index in [0.717, 1.165) is 24.4 Å². The van der Waals surface area contributed by atoms with Crippen molar-refractivity contribution < 1.29 is 8.42 Å². The van der Waals surface area contributed by atoms with Crippen LogP contribution < -0.4 is 5.43 Å². The topological polar surface area (TPSA) is 77.9 Å². The molecule has 3 aromatic rings. The number of hydrogen-bond acceptors (Lipinski definition) is 7. The highest BCUT2D eigenvalue weighted by atomic mass is 32.2. The molecule has 4 rings (SSSR count). The number of hydrazone groups is 1. The summed E-state index contributed by atoms with van der Waals surface area (Å²) in [5, 5.41) is 6.45. The number of likely N-dealkylation sites (N-methyl/N-ethyl adjacent to an activating group) is 1. The Morgan fingerprint density at radius 1 is 1.06 bits per heavy atom. The average molecular weight is 456 g/mol. The first kappa shape index (κ1) is 21.6. The molecule has 1 N–H and O–H groups in total. The number of aromatic nitrogens is 1. The molecule has 1 aliphatic heterocycles. The zero-order valence-corrected chi connectivity index (χ0v) is 19.2. The van der Waals surface area contributed by atoms with Gasteiger partial charge in [-0.05, 0) is 48.7 Å². The van der Waals surface area contributed by atoms with Crippen molar-refractivity contribution in [3.05, 3.63) is 65.7 Å². The Labute approximate surface area is 187 Å². The van der Waals surface area contributed by atoms with Gasteiger partial charge in [0, 0.05) is 37.3 Å². The number of benzene rings is 1. The largest absolute Gasteiger partial charge is 0.304 e. The molecule has 0 aliphatic carbocycles. The minimum atomic E-state index is -3.52. The van der Waals surface area contributed by atoms with Crippen LogP contribution in [0.15, 0.2) is 70.1 Å².